The first-order valence-electron chi connectivity index (χ1n) is 6.96. The summed E-state index contributed by atoms with van der Waals surface area (Å²) in [6.07, 6.45) is 0. The first-order chi connectivity index (χ1) is 10.0. The molecule has 0 amide bonds. The summed E-state index contributed by atoms with van der Waals surface area (Å²) in [5.41, 5.74) is 7.23. The van der Waals surface area contributed by atoms with E-state index in [0.29, 0.717) is 12.6 Å². The first-order valence-corrected chi connectivity index (χ1v) is 9.01. The van der Waals surface area contributed by atoms with E-state index in [-0.39, 0.29) is 6.04 Å². The molecule has 0 aliphatic heterocycles. The third kappa shape index (κ3) is 4.30. The quantitative estimate of drug-likeness (QED) is 0.749. The summed E-state index contributed by atoms with van der Waals surface area (Å²) >= 11 is 11.5. The SMILES string of the molecule is CC(C)N(Cc1cccs1)C(CN)c1ccc(Br)c(Cl)c1. The predicted octanol–water partition coefficient (Wildman–Crippen LogP) is 5.07. The molecule has 0 saturated carbocycles. The van der Waals surface area contributed by atoms with Crippen LogP contribution >= 0.6 is 38.9 Å². The van der Waals surface area contributed by atoms with Crippen molar-refractivity contribution in [3.8, 4) is 0 Å². The molecule has 2 N–H and O–H groups in total. The highest BCUT2D eigenvalue weighted by atomic mass is 79.9. The summed E-state index contributed by atoms with van der Waals surface area (Å²) in [7, 11) is 0. The van der Waals surface area contributed by atoms with Gasteiger partial charge < -0.3 is 5.73 Å². The van der Waals surface area contributed by atoms with Gasteiger partial charge in [0.25, 0.3) is 0 Å². The van der Waals surface area contributed by atoms with Gasteiger partial charge in [0.1, 0.15) is 0 Å². The van der Waals surface area contributed by atoms with E-state index < -0.39 is 0 Å². The number of hydrogen-bond donors (Lipinski definition) is 1. The Morgan fingerprint density at radius 3 is 2.62 bits per heavy atom. The highest BCUT2D eigenvalue weighted by Crippen LogP contribution is 2.30. The summed E-state index contributed by atoms with van der Waals surface area (Å²) in [5, 5.41) is 2.84. The molecule has 0 fully saturated rings. The van der Waals surface area contributed by atoms with Gasteiger partial charge in [0.05, 0.1) is 5.02 Å². The van der Waals surface area contributed by atoms with Crippen molar-refractivity contribution in [2.75, 3.05) is 6.54 Å². The van der Waals surface area contributed by atoms with Gasteiger partial charge in [-0.05, 0) is 58.9 Å². The molecule has 1 atom stereocenters. The molecule has 21 heavy (non-hydrogen) atoms. The van der Waals surface area contributed by atoms with Gasteiger partial charge in [0.15, 0.2) is 0 Å². The number of hydrogen-bond acceptors (Lipinski definition) is 3. The molecule has 0 bridgehead atoms. The van der Waals surface area contributed by atoms with Crippen molar-refractivity contribution in [2.45, 2.75) is 32.5 Å². The van der Waals surface area contributed by atoms with Gasteiger partial charge in [-0.15, -0.1) is 11.3 Å². The minimum atomic E-state index is 0.165. The maximum atomic E-state index is 6.24. The minimum absolute atomic E-state index is 0.165. The fourth-order valence-electron chi connectivity index (χ4n) is 2.42. The Bertz CT molecular complexity index is 572. The Kier molecular flexibility index (Phi) is 6.26. The Hall–Kier alpha value is -0.390. The van der Waals surface area contributed by atoms with Crippen LogP contribution in [0.1, 0.15) is 30.3 Å². The number of rotatable bonds is 6. The van der Waals surface area contributed by atoms with Crippen molar-refractivity contribution in [3.05, 3.63) is 55.6 Å². The summed E-state index contributed by atoms with van der Waals surface area (Å²) in [6.45, 7) is 5.89. The van der Waals surface area contributed by atoms with Gasteiger partial charge in [-0.2, -0.15) is 0 Å². The van der Waals surface area contributed by atoms with Crippen molar-refractivity contribution < 1.29 is 0 Å². The molecule has 1 aromatic carbocycles. The van der Waals surface area contributed by atoms with Crippen LogP contribution in [-0.4, -0.2) is 17.5 Å². The maximum Gasteiger partial charge on any atom is 0.0551 e. The molecule has 2 aromatic rings. The van der Waals surface area contributed by atoms with Crippen LogP contribution in [0.3, 0.4) is 0 Å². The van der Waals surface area contributed by atoms with Gasteiger partial charge in [-0.25, -0.2) is 0 Å². The normalized spacial score (nSPS) is 13.1. The van der Waals surface area contributed by atoms with Gasteiger partial charge in [0, 0.05) is 34.5 Å². The molecule has 2 rings (SSSR count). The summed E-state index contributed by atoms with van der Waals surface area (Å²) in [4.78, 5) is 3.77. The predicted molar refractivity (Wildman–Crippen MR) is 95.9 cm³/mol. The molecule has 0 aliphatic carbocycles. The Labute approximate surface area is 144 Å². The number of thiophene rings is 1. The highest BCUT2D eigenvalue weighted by Gasteiger charge is 2.22. The Balaban J connectivity index is 2.28. The Morgan fingerprint density at radius 1 is 1.33 bits per heavy atom. The van der Waals surface area contributed by atoms with Crippen molar-refractivity contribution in [3.63, 3.8) is 0 Å². The lowest BCUT2D eigenvalue weighted by Crippen LogP contribution is -2.38. The zero-order valence-electron chi connectivity index (χ0n) is 12.2. The number of nitrogens with zero attached hydrogens (tertiary/aromatic N) is 1. The zero-order valence-corrected chi connectivity index (χ0v) is 15.4. The fraction of sp³-hybridized carbons (Fsp3) is 0.375. The second kappa shape index (κ2) is 7.75. The third-order valence-corrected chi connectivity index (χ3v) is 5.63. The largest absolute Gasteiger partial charge is 0.329 e. The van der Waals surface area contributed by atoms with E-state index in [4.69, 9.17) is 17.3 Å². The zero-order chi connectivity index (χ0) is 15.4. The molecular weight excluding hydrogens is 368 g/mol. The summed E-state index contributed by atoms with van der Waals surface area (Å²) in [5.74, 6) is 0. The van der Waals surface area contributed by atoms with E-state index in [1.165, 1.54) is 4.88 Å². The first kappa shape index (κ1) is 17.0. The summed E-state index contributed by atoms with van der Waals surface area (Å²) < 4.78 is 0.915. The minimum Gasteiger partial charge on any atom is -0.329 e. The van der Waals surface area contributed by atoms with E-state index >= 15 is 0 Å². The van der Waals surface area contributed by atoms with E-state index in [0.717, 1.165) is 21.6 Å². The van der Waals surface area contributed by atoms with Crippen LogP contribution in [0.5, 0.6) is 0 Å². The van der Waals surface area contributed by atoms with E-state index in [1.807, 2.05) is 12.1 Å². The van der Waals surface area contributed by atoms with Crippen molar-refractivity contribution >= 4 is 38.9 Å². The van der Waals surface area contributed by atoms with Crippen molar-refractivity contribution in [1.82, 2.24) is 4.90 Å². The lowest BCUT2D eigenvalue weighted by Gasteiger charge is -2.34. The standard InChI is InChI=1S/C16H20BrClN2S/c1-11(2)20(10-13-4-3-7-21-13)16(9-19)12-5-6-14(17)15(18)8-12/h3-8,11,16H,9-10,19H2,1-2H3. The van der Waals surface area contributed by atoms with Crippen LogP contribution < -0.4 is 5.73 Å². The molecule has 1 heterocycles. The Morgan fingerprint density at radius 2 is 2.10 bits per heavy atom. The topological polar surface area (TPSA) is 29.3 Å². The van der Waals surface area contributed by atoms with E-state index in [1.54, 1.807) is 11.3 Å². The van der Waals surface area contributed by atoms with Crippen molar-refractivity contribution in [2.24, 2.45) is 5.73 Å². The van der Waals surface area contributed by atoms with Crippen LogP contribution in [0.4, 0.5) is 0 Å². The summed E-state index contributed by atoms with van der Waals surface area (Å²) in [6, 6.07) is 10.9. The van der Waals surface area contributed by atoms with Crippen LogP contribution in [0, 0.1) is 0 Å². The monoisotopic (exact) mass is 386 g/mol. The van der Waals surface area contributed by atoms with Gasteiger partial charge in [-0.3, -0.25) is 4.90 Å². The lowest BCUT2D eigenvalue weighted by atomic mass is 10.0. The molecule has 5 heteroatoms. The maximum absolute atomic E-state index is 6.24. The van der Waals surface area contributed by atoms with E-state index in [2.05, 4.69) is 58.3 Å². The fourth-order valence-corrected chi connectivity index (χ4v) is 3.57. The molecule has 1 unspecified atom stereocenters. The number of halogens is 2. The molecular formula is C16H20BrClN2S. The second-order valence-electron chi connectivity index (χ2n) is 5.27. The van der Waals surface area contributed by atoms with Gasteiger partial charge in [-0.1, -0.05) is 23.7 Å². The average molecular weight is 388 g/mol. The number of benzene rings is 1. The molecule has 0 aliphatic rings. The van der Waals surface area contributed by atoms with Gasteiger partial charge in [0.2, 0.25) is 0 Å². The molecule has 1 aromatic heterocycles. The molecule has 2 nitrogen and oxygen atoms in total. The van der Waals surface area contributed by atoms with Gasteiger partial charge >= 0.3 is 0 Å². The van der Waals surface area contributed by atoms with E-state index in [9.17, 15) is 0 Å². The highest BCUT2D eigenvalue weighted by molar-refractivity contribution is 9.10. The smallest absolute Gasteiger partial charge is 0.0551 e. The van der Waals surface area contributed by atoms with Crippen molar-refractivity contribution in [1.29, 1.82) is 0 Å². The molecule has 0 saturated heterocycles. The lowest BCUT2D eigenvalue weighted by molar-refractivity contribution is 0.149. The van der Waals surface area contributed by atoms with Crippen LogP contribution in [0.2, 0.25) is 5.02 Å². The second-order valence-corrected chi connectivity index (χ2v) is 7.56. The number of nitrogens with two attached hydrogens (primary N) is 1. The van der Waals surface area contributed by atoms with Crippen LogP contribution in [-0.2, 0) is 6.54 Å². The molecule has 114 valence electrons. The molecule has 0 radical (unpaired) electrons. The third-order valence-electron chi connectivity index (χ3n) is 3.53. The van der Waals surface area contributed by atoms with Crippen LogP contribution in [0.25, 0.3) is 0 Å². The average Bonchev–Trinajstić information content (AvgIpc) is 2.95. The van der Waals surface area contributed by atoms with Crippen LogP contribution in [0.15, 0.2) is 40.2 Å². The molecule has 0 spiro atoms.